The van der Waals surface area contributed by atoms with Crippen LogP contribution in [0.5, 0.6) is 5.75 Å². The highest BCUT2D eigenvalue weighted by Gasteiger charge is 2.30. The highest BCUT2D eigenvalue weighted by molar-refractivity contribution is 5.84. The van der Waals surface area contributed by atoms with Crippen LogP contribution in [0.2, 0.25) is 0 Å². The van der Waals surface area contributed by atoms with Crippen LogP contribution in [0.4, 0.5) is 13.2 Å². The van der Waals surface area contributed by atoms with E-state index in [0.717, 1.165) is 12.1 Å². The number of allylic oxidation sites excluding steroid dienone is 2. The monoisotopic (exact) mass is 341 g/mol. The summed E-state index contributed by atoms with van der Waals surface area (Å²) in [7, 11) is 0. The first kappa shape index (κ1) is 17.6. The smallest absolute Gasteiger partial charge is 0.416 e. The number of nitrogens with one attached hydrogen (secondary N) is 1. The lowest BCUT2D eigenvalue weighted by Crippen LogP contribution is -2.34. The van der Waals surface area contributed by atoms with Crippen LogP contribution < -0.4 is 10.1 Å². The molecule has 1 amide bonds. The zero-order valence-electron chi connectivity index (χ0n) is 12.3. The van der Waals surface area contributed by atoms with E-state index in [1.54, 1.807) is 12.2 Å². The van der Waals surface area contributed by atoms with Crippen molar-refractivity contribution < 1.29 is 32.6 Å². The molecule has 0 saturated heterocycles. The van der Waals surface area contributed by atoms with Crippen LogP contribution in [-0.2, 0) is 15.8 Å². The molecule has 0 spiro atoms. The normalized spacial score (nSPS) is 17.1. The molecule has 0 saturated carbocycles. The van der Waals surface area contributed by atoms with Gasteiger partial charge in [-0.15, -0.1) is 0 Å². The number of carboxylic acids is 1. The first-order valence-corrected chi connectivity index (χ1v) is 6.98. The predicted octanol–water partition coefficient (Wildman–Crippen LogP) is 2.75. The lowest BCUT2D eigenvalue weighted by Gasteiger charge is -2.16. The quantitative estimate of drug-likeness (QED) is 0.863. The van der Waals surface area contributed by atoms with Crippen molar-refractivity contribution in [1.29, 1.82) is 0 Å². The van der Waals surface area contributed by atoms with Gasteiger partial charge in [-0.05, 0) is 42.8 Å². The summed E-state index contributed by atoms with van der Waals surface area (Å²) < 4.78 is 42.8. The molecule has 0 aromatic heterocycles. The Kier molecular flexibility index (Phi) is 5.28. The standard InChI is InChI=1S/C16H14F3NO4/c17-16(18,19)11-3-7-13(8-4-11)24-12-5-1-10(2-6-12)15(23)20-9-14(21)22/h1,3-8,10H,2,9H2,(H,20,23)(H,21,22). The van der Waals surface area contributed by atoms with Crippen molar-refractivity contribution in [2.45, 2.75) is 12.6 Å². The molecule has 1 aliphatic rings. The topological polar surface area (TPSA) is 75.6 Å². The molecule has 0 aliphatic heterocycles. The number of aliphatic carboxylic acids is 1. The van der Waals surface area contributed by atoms with Crippen LogP contribution >= 0.6 is 0 Å². The van der Waals surface area contributed by atoms with Gasteiger partial charge in [0.25, 0.3) is 0 Å². The molecule has 2 rings (SSSR count). The molecule has 0 bridgehead atoms. The van der Waals surface area contributed by atoms with Gasteiger partial charge in [-0.2, -0.15) is 13.2 Å². The fourth-order valence-corrected chi connectivity index (χ4v) is 2.01. The molecule has 1 unspecified atom stereocenters. The average molecular weight is 341 g/mol. The predicted molar refractivity (Wildman–Crippen MR) is 78.0 cm³/mol. The highest BCUT2D eigenvalue weighted by Crippen LogP contribution is 2.31. The van der Waals surface area contributed by atoms with Crippen molar-refractivity contribution >= 4 is 11.9 Å². The zero-order valence-corrected chi connectivity index (χ0v) is 12.3. The van der Waals surface area contributed by atoms with Crippen molar-refractivity contribution in [2.24, 2.45) is 5.92 Å². The summed E-state index contributed by atoms with van der Waals surface area (Å²) in [6.45, 7) is -0.457. The van der Waals surface area contributed by atoms with Crippen molar-refractivity contribution in [2.75, 3.05) is 6.54 Å². The van der Waals surface area contributed by atoms with Crippen molar-refractivity contribution in [3.8, 4) is 5.75 Å². The van der Waals surface area contributed by atoms with Crippen LogP contribution in [0.15, 0.2) is 48.3 Å². The van der Waals surface area contributed by atoms with Crippen LogP contribution in [0.3, 0.4) is 0 Å². The fourth-order valence-electron chi connectivity index (χ4n) is 2.01. The summed E-state index contributed by atoms with van der Waals surface area (Å²) in [6, 6.07) is 4.27. The number of carbonyl (C=O) groups excluding carboxylic acids is 1. The largest absolute Gasteiger partial charge is 0.480 e. The first-order valence-electron chi connectivity index (χ1n) is 6.98. The lowest BCUT2D eigenvalue weighted by molar-refractivity contribution is -0.138. The molecule has 0 radical (unpaired) electrons. The minimum Gasteiger partial charge on any atom is -0.480 e. The molecule has 0 fully saturated rings. The lowest BCUT2D eigenvalue weighted by atomic mass is 9.99. The maximum atomic E-state index is 12.5. The molecule has 1 aliphatic carbocycles. The molecule has 1 aromatic rings. The third-order valence-corrected chi connectivity index (χ3v) is 3.23. The number of carboxylic acid groups (broad SMARTS) is 1. The van der Waals surface area contributed by atoms with Gasteiger partial charge in [-0.25, -0.2) is 0 Å². The Morgan fingerprint density at radius 3 is 2.42 bits per heavy atom. The number of benzene rings is 1. The minimum atomic E-state index is -4.40. The van der Waals surface area contributed by atoms with Crippen molar-refractivity contribution in [3.63, 3.8) is 0 Å². The zero-order chi connectivity index (χ0) is 17.7. The Morgan fingerprint density at radius 2 is 1.92 bits per heavy atom. The van der Waals surface area contributed by atoms with E-state index in [-0.39, 0.29) is 5.75 Å². The Morgan fingerprint density at radius 1 is 1.25 bits per heavy atom. The third-order valence-electron chi connectivity index (χ3n) is 3.23. The maximum Gasteiger partial charge on any atom is 0.416 e. The summed E-state index contributed by atoms with van der Waals surface area (Å²) in [6.07, 6.45) is 0.586. The second kappa shape index (κ2) is 7.20. The van der Waals surface area contributed by atoms with E-state index < -0.39 is 36.1 Å². The van der Waals surface area contributed by atoms with Gasteiger partial charge in [0.05, 0.1) is 11.5 Å². The average Bonchev–Trinajstić information content (AvgIpc) is 2.53. The number of hydrogen-bond donors (Lipinski definition) is 2. The number of ether oxygens (including phenoxy) is 1. The minimum absolute atomic E-state index is 0.243. The number of alkyl halides is 3. The molecule has 0 heterocycles. The van der Waals surface area contributed by atoms with E-state index in [2.05, 4.69) is 5.32 Å². The summed E-state index contributed by atoms with van der Waals surface area (Å²) in [5.41, 5.74) is -0.766. The molecule has 1 atom stereocenters. The molecule has 24 heavy (non-hydrogen) atoms. The number of amides is 1. The summed E-state index contributed by atoms with van der Waals surface area (Å²) in [5.74, 6) is -1.42. The van der Waals surface area contributed by atoms with Crippen LogP contribution in [0, 0.1) is 5.92 Å². The van der Waals surface area contributed by atoms with Crippen LogP contribution in [0.25, 0.3) is 0 Å². The van der Waals surface area contributed by atoms with Gasteiger partial charge in [0.1, 0.15) is 18.1 Å². The highest BCUT2D eigenvalue weighted by atomic mass is 19.4. The molecular weight excluding hydrogens is 327 g/mol. The Bertz CT molecular complexity index is 678. The molecule has 5 nitrogen and oxygen atoms in total. The Labute approximate surface area is 135 Å². The van der Waals surface area contributed by atoms with Gasteiger partial charge >= 0.3 is 12.1 Å². The van der Waals surface area contributed by atoms with Crippen molar-refractivity contribution in [3.05, 3.63) is 53.8 Å². The summed E-state index contributed by atoms with van der Waals surface area (Å²) in [4.78, 5) is 22.1. The number of hydrogen-bond acceptors (Lipinski definition) is 3. The SMILES string of the molecule is O=C(O)CNC(=O)C1C=CC(Oc2ccc(C(F)(F)F)cc2)=CC1. The van der Waals surface area contributed by atoms with Crippen LogP contribution in [-0.4, -0.2) is 23.5 Å². The fraction of sp³-hybridized carbons (Fsp3) is 0.250. The second-order valence-corrected chi connectivity index (χ2v) is 5.04. The van der Waals surface area contributed by atoms with E-state index in [0.29, 0.717) is 12.2 Å². The summed E-state index contributed by atoms with van der Waals surface area (Å²) >= 11 is 0. The Hall–Kier alpha value is -2.77. The van der Waals surface area contributed by atoms with Gasteiger partial charge in [-0.1, -0.05) is 6.08 Å². The van der Waals surface area contributed by atoms with Crippen LogP contribution in [0.1, 0.15) is 12.0 Å². The van der Waals surface area contributed by atoms with Gasteiger partial charge in [0.2, 0.25) is 5.91 Å². The third kappa shape index (κ3) is 4.87. The molecular formula is C16H14F3NO4. The number of rotatable bonds is 5. The first-order chi connectivity index (χ1) is 11.3. The van der Waals surface area contributed by atoms with Gasteiger partial charge in [0, 0.05) is 0 Å². The van der Waals surface area contributed by atoms with Crippen molar-refractivity contribution in [1.82, 2.24) is 5.32 Å². The van der Waals surface area contributed by atoms with E-state index in [9.17, 15) is 22.8 Å². The van der Waals surface area contributed by atoms with E-state index in [1.807, 2.05) is 0 Å². The number of carbonyl (C=O) groups is 2. The molecule has 128 valence electrons. The van der Waals surface area contributed by atoms with E-state index in [1.165, 1.54) is 18.2 Å². The number of halogens is 3. The van der Waals surface area contributed by atoms with E-state index in [4.69, 9.17) is 9.84 Å². The van der Waals surface area contributed by atoms with Gasteiger partial charge in [-0.3, -0.25) is 9.59 Å². The molecule has 1 aromatic carbocycles. The van der Waals surface area contributed by atoms with E-state index >= 15 is 0 Å². The molecule has 8 heteroatoms. The Balaban J connectivity index is 1.91. The molecule has 2 N–H and O–H groups in total. The van der Waals surface area contributed by atoms with Gasteiger partial charge < -0.3 is 15.2 Å². The van der Waals surface area contributed by atoms with Gasteiger partial charge in [0.15, 0.2) is 0 Å². The maximum absolute atomic E-state index is 12.5. The second-order valence-electron chi connectivity index (χ2n) is 5.04. The summed E-state index contributed by atoms with van der Waals surface area (Å²) in [5, 5.41) is 10.8.